The molecule has 31 heavy (non-hydrogen) atoms. The van der Waals surface area contributed by atoms with Gasteiger partial charge in [0.25, 0.3) is 0 Å². The molecule has 5 rings (SSSR count). The number of benzene rings is 1. The lowest BCUT2D eigenvalue weighted by molar-refractivity contribution is 0.0519. The number of nitrogens with one attached hydrogen (secondary N) is 1. The number of fused-ring (bicyclic) bond motifs is 4. The van der Waals surface area contributed by atoms with Crippen molar-refractivity contribution in [2.45, 2.75) is 57.8 Å². The molecule has 0 radical (unpaired) electrons. The summed E-state index contributed by atoms with van der Waals surface area (Å²) in [7, 11) is 0. The molecule has 4 atom stereocenters. The van der Waals surface area contributed by atoms with Crippen LogP contribution in [0.4, 0.5) is 5.69 Å². The first kappa shape index (κ1) is 21.3. The Hall–Kier alpha value is -1.60. The highest BCUT2D eigenvalue weighted by Gasteiger charge is 2.44. The SMILES string of the molecule is CSc1nnc2c(n1)O[C@H]([C@@H]1C[C@@H]3C(=CCCC3(C)C)C[C@@H]1C)Nc1ccc(Br)cc1-2. The van der Waals surface area contributed by atoms with Gasteiger partial charge in [-0.2, -0.15) is 4.98 Å². The summed E-state index contributed by atoms with van der Waals surface area (Å²) in [5, 5.41) is 13.1. The van der Waals surface area contributed by atoms with Crippen LogP contribution >= 0.6 is 27.7 Å². The van der Waals surface area contributed by atoms with Crippen molar-refractivity contribution < 1.29 is 4.74 Å². The zero-order valence-electron chi connectivity index (χ0n) is 18.5. The van der Waals surface area contributed by atoms with E-state index in [-0.39, 0.29) is 6.23 Å². The molecule has 1 saturated carbocycles. The number of halogens is 1. The molecule has 7 heteroatoms. The van der Waals surface area contributed by atoms with Crippen molar-refractivity contribution >= 4 is 33.4 Å². The van der Waals surface area contributed by atoms with Gasteiger partial charge in [-0.3, -0.25) is 0 Å². The Morgan fingerprint density at radius 3 is 2.90 bits per heavy atom. The minimum atomic E-state index is -0.151. The molecule has 0 unspecified atom stereocenters. The molecule has 5 nitrogen and oxygen atoms in total. The second kappa shape index (κ2) is 8.07. The van der Waals surface area contributed by atoms with Crippen LogP contribution in [0.25, 0.3) is 11.3 Å². The number of anilines is 1. The predicted octanol–water partition coefficient (Wildman–Crippen LogP) is 6.56. The van der Waals surface area contributed by atoms with E-state index in [0.717, 1.165) is 28.6 Å². The molecule has 0 spiro atoms. The van der Waals surface area contributed by atoms with Crippen molar-refractivity contribution in [3.05, 3.63) is 34.3 Å². The van der Waals surface area contributed by atoms with Crippen molar-refractivity contribution in [1.29, 1.82) is 0 Å². The van der Waals surface area contributed by atoms with E-state index >= 15 is 0 Å². The highest BCUT2D eigenvalue weighted by Crippen LogP contribution is 2.52. The van der Waals surface area contributed by atoms with Crippen LogP contribution in [-0.2, 0) is 0 Å². The summed E-state index contributed by atoms with van der Waals surface area (Å²) in [6, 6.07) is 6.22. The average molecular weight is 501 g/mol. The molecule has 0 saturated heterocycles. The number of rotatable bonds is 2. The van der Waals surface area contributed by atoms with Crippen LogP contribution < -0.4 is 10.1 Å². The highest BCUT2D eigenvalue weighted by atomic mass is 79.9. The van der Waals surface area contributed by atoms with Gasteiger partial charge in [-0.1, -0.05) is 60.1 Å². The molecule has 1 aromatic carbocycles. The zero-order chi connectivity index (χ0) is 21.8. The topological polar surface area (TPSA) is 59.9 Å². The normalized spacial score (nSPS) is 28.7. The van der Waals surface area contributed by atoms with Crippen LogP contribution in [-0.4, -0.2) is 27.7 Å². The zero-order valence-corrected chi connectivity index (χ0v) is 20.9. The van der Waals surface area contributed by atoms with Gasteiger partial charge in [0, 0.05) is 21.6 Å². The van der Waals surface area contributed by atoms with Crippen LogP contribution in [0.5, 0.6) is 5.88 Å². The van der Waals surface area contributed by atoms with Gasteiger partial charge in [0.15, 0.2) is 11.9 Å². The molecule has 2 aliphatic carbocycles. The molecule has 2 aromatic rings. The summed E-state index contributed by atoms with van der Waals surface area (Å²) in [5.41, 5.74) is 4.69. The highest BCUT2D eigenvalue weighted by molar-refractivity contribution is 9.10. The number of thioether (sulfide) groups is 1. The Bertz CT molecular complexity index is 1040. The number of nitrogens with zero attached hydrogens (tertiary/aromatic N) is 3. The minimum absolute atomic E-state index is 0.151. The van der Waals surface area contributed by atoms with E-state index in [2.05, 4.69) is 76.5 Å². The minimum Gasteiger partial charge on any atom is -0.452 e. The molecular formula is C24H29BrN4OS. The Labute approximate surface area is 197 Å². The van der Waals surface area contributed by atoms with Crippen LogP contribution in [0.2, 0.25) is 0 Å². The van der Waals surface area contributed by atoms with E-state index in [9.17, 15) is 0 Å². The molecule has 1 aromatic heterocycles. The van der Waals surface area contributed by atoms with Gasteiger partial charge in [-0.25, -0.2) is 0 Å². The first-order valence-corrected chi connectivity index (χ1v) is 13.1. The third kappa shape index (κ3) is 3.88. The number of allylic oxidation sites excluding steroid dienone is 2. The Morgan fingerprint density at radius 2 is 2.10 bits per heavy atom. The molecule has 0 amide bonds. The van der Waals surface area contributed by atoms with Gasteiger partial charge in [-0.15, -0.1) is 10.2 Å². The summed E-state index contributed by atoms with van der Waals surface area (Å²) in [6.07, 6.45) is 9.07. The first-order chi connectivity index (χ1) is 14.9. The van der Waals surface area contributed by atoms with Crippen LogP contribution in [0.1, 0.15) is 46.5 Å². The van der Waals surface area contributed by atoms with Gasteiger partial charge in [0.2, 0.25) is 11.0 Å². The molecule has 2 heterocycles. The van der Waals surface area contributed by atoms with E-state index in [1.807, 2.05) is 6.26 Å². The van der Waals surface area contributed by atoms with E-state index in [4.69, 9.17) is 9.72 Å². The first-order valence-electron chi connectivity index (χ1n) is 11.1. The second-order valence-electron chi connectivity index (χ2n) is 9.76. The Balaban J connectivity index is 1.55. The summed E-state index contributed by atoms with van der Waals surface area (Å²) in [6.45, 7) is 7.24. The third-order valence-corrected chi connectivity index (χ3v) is 8.39. The van der Waals surface area contributed by atoms with Crippen molar-refractivity contribution in [1.82, 2.24) is 15.2 Å². The summed E-state index contributed by atoms with van der Waals surface area (Å²) < 4.78 is 7.60. The van der Waals surface area contributed by atoms with E-state index < -0.39 is 0 Å². The van der Waals surface area contributed by atoms with Gasteiger partial charge >= 0.3 is 0 Å². The Morgan fingerprint density at radius 1 is 1.26 bits per heavy atom. The van der Waals surface area contributed by atoms with Crippen LogP contribution in [0.15, 0.2) is 39.5 Å². The molecule has 0 bridgehead atoms. The molecule has 3 aliphatic rings. The van der Waals surface area contributed by atoms with Gasteiger partial charge in [0.1, 0.15) is 0 Å². The largest absolute Gasteiger partial charge is 0.452 e. The second-order valence-corrected chi connectivity index (χ2v) is 11.5. The number of aromatic nitrogens is 3. The fourth-order valence-electron chi connectivity index (χ4n) is 5.56. The van der Waals surface area contributed by atoms with E-state index in [1.165, 1.54) is 24.6 Å². The molecule has 1 N–H and O–H groups in total. The van der Waals surface area contributed by atoms with Crippen molar-refractivity contribution in [3.8, 4) is 17.1 Å². The van der Waals surface area contributed by atoms with Crippen molar-refractivity contribution in [2.75, 3.05) is 11.6 Å². The van der Waals surface area contributed by atoms with Gasteiger partial charge < -0.3 is 10.1 Å². The number of hydrogen-bond donors (Lipinski definition) is 1. The maximum Gasteiger partial charge on any atom is 0.247 e. The molecule has 1 aliphatic heterocycles. The maximum atomic E-state index is 6.61. The van der Waals surface area contributed by atoms with Crippen molar-refractivity contribution in [2.24, 2.45) is 23.2 Å². The van der Waals surface area contributed by atoms with Crippen LogP contribution in [0, 0.1) is 23.2 Å². The Kier molecular flexibility index (Phi) is 5.53. The van der Waals surface area contributed by atoms with E-state index in [0.29, 0.717) is 39.9 Å². The van der Waals surface area contributed by atoms with Crippen LogP contribution in [0.3, 0.4) is 0 Å². The quantitative estimate of drug-likeness (QED) is 0.371. The standard InChI is InChI=1S/C24H29BrN4OS/c1-13-10-14-6-5-9-24(2,3)18(14)12-16(13)21-26-19-8-7-15(25)11-17(19)20-22(30-21)27-23(31-4)29-28-20/h6-8,11,13,16,18,21,26H,5,9-10,12H2,1-4H3/t13-,16+,18+,21+/m0/s1. The van der Waals surface area contributed by atoms with Gasteiger partial charge in [-0.05, 0) is 67.4 Å². The molecule has 1 fully saturated rings. The monoisotopic (exact) mass is 500 g/mol. The number of ether oxygens (including phenoxy) is 1. The average Bonchev–Trinajstić information content (AvgIpc) is 2.89. The lowest BCUT2D eigenvalue weighted by Crippen LogP contribution is -2.45. The summed E-state index contributed by atoms with van der Waals surface area (Å²) in [5.74, 6) is 2.11. The fourth-order valence-corrected chi connectivity index (χ4v) is 6.22. The summed E-state index contributed by atoms with van der Waals surface area (Å²) in [4.78, 5) is 4.70. The summed E-state index contributed by atoms with van der Waals surface area (Å²) >= 11 is 5.08. The van der Waals surface area contributed by atoms with E-state index in [1.54, 1.807) is 5.57 Å². The van der Waals surface area contributed by atoms with Gasteiger partial charge in [0.05, 0.1) is 0 Å². The molecule has 164 valence electrons. The lowest BCUT2D eigenvalue weighted by atomic mass is 9.59. The number of hydrogen-bond acceptors (Lipinski definition) is 6. The maximum absolute atomic E-state index is 6.61. The molecular weight excluding hydrogens is 472 g/mol. The third-order valence-electron chi connectivity index (χ3n) is 7.36. The van der Waals surface area contributed by atoms with Crippen molar-refractivity contribution in [3.63, 3.8) is 0 Å². The predicted molar refractivity (Wildman–Crippen MR) is 129 cm³/mol. The smallest absolute Gasteiger partial charge is 0.247 e. The lowest BCUT2D eigenvalue weighted by Gasteiger charge is -2.48. The fraction of sp³-hybridized carbons (Fsp3) is 0.542.